The topological polar surface area (TPSA) is 80.1 Å². The van der Waals surface area contributed by atoms with Crippen molar-refractivity contribution in [1.82, 2.24) is 4.90 Å². The Morgan fingerprint density at radius 3 is 2.70 bits per heavy atom. The summed E-state index contributed by atoms with van der Waals surface area (Å²) in [5.74, 6) is -0.785. The molecule has 33 heavy (non-hydrogen) atoms. The minimum absolute atomic E-state index is 0.0459. The molecule has 0 N–H and O–H groups in total. The third kappa shape index (κ3) is 2.51. The second-order valence-corrected chi connectivity index (χ2v) is 8.96. The Kier molecular flexibility index (Phi) is 4.29. The fourth-order valence-corrected chi connectivity index (χ4v) is 5.66. The van der Waals surface area contributed by atoms with Crippen LogP contribution in [0, 0.1) is 6.92 Å². The maximum atomic E-state index is 14.2. The molecule has 2 atom stereocenters. The van der Waals surface area contributed by atoms with E-state index in [0.717, 1.165) is 18.4 Å². The number of carbonyl (C=O) groups is 2. The first kappa shape index (κ1) is 20.2. The molecular formula is C26H24N2O5. The molecule has 1 spiro atoms. The number of anilines is 1. The molecule has 2 amide bonds. The molecule has 4 heterocycles. The Morgan fingerprint density at radius 2 is 1.94 bits per heavy atom. The van der Waals surface area contributed by atoms with Crippen LogP contribution >= 0.6 is 0 Å². The van der Waals surface area contributed by atoms with Gasteiger partial charge in [0, 0.05) is 25.3 Å². The second-order valence-electron chi connectivity index (χ2n) is 8.96. The average Bonchev–Trinajstić information content (AvgIpc) is 3.48. The van der Waals surface area contributed by atoms with Crippen LogP contribution in [0.1, 0.15) is 47.0 Å². The van der Waals surface area contributed by atoms with Crippen LogP contribution in [0.25, 0.3) is 11.0 Å². The summed E-state index contributed by atoms with van der Waals surface area (Å²) in [6.07, 6.45) is 1.51. The molecule has 3 aromatic rings. The van der Waals surface area contributed by atoms with Crippen LogP contribution in [0.3, 0.4) is 0 Å². The summed E-state index contributed by atoms with van der Waals surface area (Å²) < 4.78 is 11.9. The first-order valence-corrected chi connectivity index (χ1v) is 11.4. The summed E-state index contributed by atoms with van der Waals surface area (Å²) in [5, 5.41) is 0.375. The van der Waals surface area contributed by atoms with Crippen molar-refractivity contribution in [2.24, 2.45) is 0 Å². The maximum absolute atomic E-state index is 14.2. The van der Waals surface area contributed by atoms with Crippen molar-refractivity contribution in [2.45, 2.75) is 38.3 Å². The molecule has 3 aliphatic heterocycles. The monoisotopic (exact) mass is 444 g/mol. The molecule has 1 aromatic heterocycles. The standard InChI is InChI=1S/C26H24N2O5/c1-3-27-19-9-5-4-8-18(19)26(25(27)31)21-22(29)17-13-15(2)10-11-20(17)33-23(21)24(30)28(26)14-16-7-6-12-32-16/h4-5,8-11,13,16H,3,6-7,12,14H2,1-2H3/t16-,26-/m0/s1. The van der Waals surface area contributed by atoms with E-state index < -0.39 is 11.4 Å². The molecule has 0 aliphatic carbocycles. The number of rotatable bonds is 3. The highest BCUT2D eigenvalue weighted by molar-refractivity contribution is 6.17. The van der Waals surface area contributed by atoms with Crippen LogP contribution in [-0.4, -0.2) is 42.5 Å². The fourth-order valence-electron chi connectivity index (χ4n) is 5.66. The summed E-state index contributed by atoms with van der Waals surface area (Å²) in [7, 11) is 0. The van der Waals surface area contributed by atoms with E-state index in [2.05, 4.69) is 0 Å². The van der Waals surface area contributed by atoms with Crippen molar-refractivity contribution in [3.63, 3.8) is 0 Å². The van der Waals surface area contributed by atoms with Gasteiger partial charge in [-0.3, -0.25) is 14.4 Å². The highest BCUT2D eigenvalue weighted by Gasteiger charge is 2.65. The number of hydrogen-bond acceptors (Lipinski definition) is 5. The summed E-state index contributed by atoms with van der Waals surface area (Å²) in [4.78, 5) is 45.2. The molecule has 7 nitrogen and oxygen atoms in total. The SMILES string of the molecule is CCN1C(=O)[C@]2(c3ccccc31)c1c(oc3ccc(C)cc3c1=O)C(=O)N2C[C@@H]1CCCO1. The number of carbonyl (C=O) groups excluding carboxylic acids is 2. The van der Waals surface area contributed by atoms with E-state index in [9.17, 15) is 14.4 Å². The lowest BCUT2D eigenvalue weighted by molar-refractivity contribution is -0.126. The van der Waals surface area contributed by atoms with Gasteiger partial charge in [-0.2, -0.15) is 0 Å². The third-order valence-electron chi connectivity index (χ3n) is 7.12. The lowest BCUT2D eigenvalue weighted by Crippen LogP contribution is -2.55. The van der Waals surface area contributed by atoms with E-state index in [1.54, 1.807) is 17.0 Å². The van der Waals surface area contributed by atoms with Crippen molar-refractivity contribution in [2.75, 3.05) is 24.6 Å². The number of fused-ring (bicyclic) bond motifs is 5. The number of hydrogen-bond donors (Lipinski definition) is 0. The van der Waals surface area contributed by atoms with E-state index in [0.29, 0.717) is 35.4 Å². The van der Waals surface area contributed by atoms with Crippen molar-refractivity contribution >= 4 is 28.5 Å². The molecule has 168 valence electrons. The van der Waals surface area contributed by atoms with Crippen LogP contribution in [-0.2, 0) is 15.1 Å². The third-order valence-corrected chi connectivity index (χ3v) is 7.12. The minimum atomic E-state index is -1.55. The Bertz CT molecular complexity index is 1390. The van der Waals surface area contributed by atoms with Gasteiger partial charge in [0.25, 0.3) is 11.8 Å². The normalized spacial score (nSPS) is 23.8. The zero-order valence-corrected chi connectivity index (χ0v) is 18.6. The maximum Gasteiger partial charge on any atom is 0.291 e. The van der Waals surface area contributed by atoms with Crippen molar-refractivity contribution in [3.05, 3.63) is 75.1 Å². The number of para-hydroxylation sites is 1. The first-order chi connectivity index (χ1) is 16.0. The molecular weight excluding hydrogens is 420 g/mol. The summed E-state index contributed by atoms with van der Waals surface area (Å²) in [5.41, 5.74) is 0.837. The molecule has 6 rings (SSSR count). The molecule has 1 fully saturated rings. The molecule has 3 aliphatic rings. The lowest BCUT2D eigenvalue weighted by atomic mass is 9.83. The molecule has 0 bridgehead atoms. The van der Waals surface area contributed by atoms with Gasteiger partial charge in [-0.25, -0.2) is 0 Å². The quantitative estimate of drug-likeness (QED) is 0.619. The van der Waals surface area contributed by atoms with Gasteiger partial charge in [0.2, 0.25) is 5.76 Å². The predicted octanol–water partition coefficient (Wildman–Crippen LogP) is 3.35. The van der Waals surface area contributed by atoms with E-state index in [4.69, 9.17) is 9.15 Å². The molecule has 0 saturated carbocycles. The summed E-state index contributed by atoms with van der Waals surface area (Å²) >= 11 is 0. The summed E-state index contributed by atoms with van der Waals surface area (Å²) in [6.45, 7) is 5.05. The summed E-state index contributed by atoms with van der Waals surface area (Å²) in [6, 6.07) is 12.7. The van der Waals surface area contributed by atoms with Gasteiger partial charge in [0.1, 0.15) is 5.58 Å². The van der Waals surface area contributed by atoms with Gasteiger partial charge in [-0.1, -0.05) is 29.8 Å². The van der Waals surface area contributed by atoms with Gasteiger partial charge in [0.05, 0.1) is 22.7 Å². The zero-order valence-electron chi connectivity index (χ0n) is 18.6. The second kappa shape index (κ2) is 7.02. The van der Waals surface area contributed by atoms with Crippen molar-refractivity contribution in [1.29, 1.82) is 0 Å². The zero-order chi connectivity index (χ0) is 22.9. The van der Waals surface area contributed by atoms with Gasteiger partial charge in [-0.15, -0.1) is 0 Å². The van der Waals surface area contributed by atoms with Crippen LogP contribution in [0.4, 0.5) is 5.69 Å². The largest absolute Gasteiger partial charge is 0.450 e. The van der Waals surface area contributed by atoms with E-state index in [-0.39, 0.29) is 35.3 Å². The molecule has 0 radical (unpaired) electrons. The number of likely N-dealkylation sites (N-methyl/N-ethyl adjacent to an activating group) is 1. The number of amides is 2. The van der Waals surface area contributed by atoms with Crippen LogP contribution in [0.15, 0.2) is 51.7 Å². The van der Waals surface area contributed by atoms with Gasteiger partial charge in [0.15, 0.2) is 11.0 Å². The smallest absolute Gasteiger partial charge is 0.291 e. The van der Waals surface area contributed by atoms with E-state index >= 15 is 0 Å². The molecule has 2 aromatic carbocycles. The Labute approximate surface area is 190 Å². The first-order valence-electron chi connectivity index (χ1n) is 11.4. The number of ether oxygens (including phenoxy) is 1. The van der Waals surface area contributed by atoms with Gasteiger partial charge >= 0.3 is 0 Å². The van der Waals surface area contributed by atoms with Crippen LogP contribution in [0.5, 0.6) is 0 Å². The molecule has 7 heteroatoms. The molecule has 0 unspecified atom stereocenters. The predicted molar refractivity (Wildman–Crippen MR) is 122 cm³/mol. The Balaban J connectivity index is 1.70. The Hall–Kier alpha value is -3.45. The van der Waals surface area contributed by atoms with Gasteiger partial charge in [-0.05, 0) is 44.9 Å². The average molecular weight is 444 g/mol. The minimum Gasteiger partial charge on any atom is -0.450 e. The van der Waals surface area contributed by atoms with Gasteiger partial charge < -0.3 is 19.0 Å². The van der Waals surface area contributed by atoms with Crippen molar-refractivity contribution in [3.8, 4) is 0 Å². The van der Waals surface area contributed by atoms with Crippen LogP contribution in [0.2, 0.25) is 0 Å². The highest BCUT2D eigenvalue weighted by Crippen LogP contribution is 2.52. The number of benzene rings is 2. The lowest BCUT2D eigenvalue weighted by Gasteiger charge is -2.35. The van der Waals surface area contributed by atoms with Crippen LogP contribution < -0.4 is 10.3 Å². The van der Waals surface area contributed by atoms with E-state index in [1.165, 1.54) is 4.90 Å². The number of aryl methyl sites for hydroxylation is 1. The Morgan fingerprint density at radius 1 is 1.12 bits per heavy atom. The molecule has 1 saturated heterocycles. The number of nitrogens with zero attached hydrogens (tertiary/aromatic N) is 2. The van der Waals surface area contributed by atoms with E-state index in [1.807, 2.05) is 44.2 Å². The highest BCUT2D eigenvalue weighted by atomic mass is 16.5. The van der Waals surface area contributed by atoms with Crippen molar-refractivity contribution < 1.29 is 18.7 Å². The fraction of sp³-hybridized carbons (Fsp3) is 0.346.